The number of carbonyl (C=O) groups is 1. The van der Waals surface area contributed by atoms with Crippen LogP contribution in [0, 0.1) is 5.92 Å². The quantitative estimate of drug-likeness (QED) is 0.794. The summed E-state index contributed by atoms with van der Waals surface area (Å²) in [7, 11) is 1.66. The van der Waals surface area contributed by atoms with Gasteiger partial charge >= 0.3 is 0 Å². The Labute approximate surface area is 107 Å². The Morgan fingerprint density at radius 1 is 1.39 bits per heavy atom. The fraction of sp³-hybridized carbons (Fsp3) is 0.357. The molecule has 0 bridgehead atoms. The summed E-state index contributed by atoms with van der Waals surface area (Å²) in [6.07, 6.45) is 4.44. The maximum Gasteiger partial charge on any atom is 0.231 e. The SMILES string of the molecule is COCc1ccc(NC(=O)C2C=CC(N)C2)cc1. The second-order valence-electron chi connectivity index (χ2n) is 4.51. The molecule has 0 aromatic heterocycles. The lowest BCUT2D eigenvalue weighted by molar-refractivity contribution is -0.118. The summed E-state index contributed by atoms with van der Waals surface area (Å²) in [5, 5.41) is 2.89. The summed E-state index contributed by atoms with van der Waals surface area (Å²) in [4.78, 5) is 11.9. The molecule has 3 N–H and O–H groups in total. The van der Waals surface area contributed by atoms with Crippen LogP contribution in [0.2, 0.25) is 0 Å². The maximum absolute atomic E-state index is 11.9. The van der Waals surface area contributed by atoms with Crippen molar-refractivity contribution in [2.75, 3.05) is 12.4 Å². The zero-order chi connectivity index (χ0) is 13.0. The van der Waals surface area contributed by atoms with Gasteiger partial charge in [-0.15, -0.1) is 0 Å². The van der Waals surface area contributed by atoms with Crippen LogP contribution in [0.4, 0.5) is 5.69 Å². The van der Waals surface area contributed by atoms with Crippen LogP contribution in [-0.4, -0.2) is 19.1 Å². The van der Waals surface area contributed by atoms with E-state index >= 15 is 0 Å². The highest BCUT2D eigenvalue weighted by Gasteiger charge is 2.22. The van der Waals surface area contributed by atoms with Gasteiger partial charge in [0.05, 0.1) is 12.5 Å². The minimum atomic E-state index is -0.112. The second-order valence-corrected chi connectivity index (χ2v) is 4.51. The number of ether oxygens (including phenoxy) is 1. The molecule has 1 aromatic carbocycles. The first-order chi connectivity index (χ1) is 8.69. The van der Waals surface area contributed by atoms with E-state index in [-0.39, 0.29) is 17.9 Å². The van der Waals surface area contributed by atoms with E-state index in [0.29, 0.717) is 13.0 Å². The number of benzene rings is 1. The van der Waals surface area contributed by atoms with Gasteiger partial charge in [-0.3, -0.25) is 4.79 Å². The maximum atomic E-state index is 11.9. The number of anilines is 1. The minimum Gasteiger partial charge on any atom is -0.380 e. The topological polar surface area (TPSA) is 64.3 Å². The van der Waals surface area contributed by atoms with Crippen molar-refractivity contribution in [3.8, 4) is 0 Å². The molecule has 1 amide bonds. The van der Waals surface area contributed by atoms with Crippen molar-refractivity contribution in [2.24, 2.45) is 11.7 Å². The largest absolute Gasteiger partial charge is 0.380 e. The predicted octanol–water partition coefficient (Wildman–Crippen LogP) is 1.67. The molecule has 0 aliphatic heterocycles. The molecular weight excluding hydrogens is 228 g/mol. The number of carbonyl (C=O) groups excluding carboxylic acids is 1. The second kappa shape index (κ2) is 5.80. The van der Waals surface area contributed by atoms with Crippen LogP contribution in [0.5, 0.6) is 0 Å². The first-order valence-electron chi connectivity index (χ1n) is 6.01. The number of rotatable bonds is 4. The van der Waals surface area contributed by atoms with Crippen LogP contribution in [0.3, 0.4) is 0 Å². The van der Waals surface area contributed by atoms with Crippen molar-refractivity contribution < 1.29 is 9.53 Å². The van der Waals surface area contributed by atoms with Crippen LogP contribution in [0.1, 0.15) is 12.0 Å². The normalized spacial score (nSPS) is 22.1. The third kappa shape index (κ3) is 3.18. The molecule has 4 heteroatoms. The lowest BCUT2D eigenvalue weighted by Gasteiger charge is -2.11. The molecule has 2 atom stereocenters. The Balaban J connectivity index is 1.93. The number of nitrogens with two attached hydrogens (primary N) is 1. The van der Waals surface area contributed by atoms with E-state index in [9.17, 15) is 4.79 Å². The van der Waals surface area contributed by atoms with Gasteiger partial charge in [0.25, 0.3) is 0 Å². The van der Waals surface area contributed by atoms with Crippen molar-refractivity contribution in [3.63, 3.8) is 0 Å². The summed E-state index contributed by atoms with van der Waals surface area (Å²) in [5.41, 5.74) is 7.61. The van der Waals surface area contributed by atoms with Gasteiger partial charge in [0, 0.05) is 18.8 Å². The molecule has 1 aromatic rings. The van der Waals surface area contributed by atoms with Crippen LogP contribution < -0.4 is 11.1 Å². The van der Waals surface area contributed by atoms with Gasteiger partial charge in [0.15, 0.2) is 0 Å². The van der Waals surface area contributed by atoms with Crippen molar-refractivity contribution >= 4 is 11.6 Å². The van der Waals surface area contributed by atoms with E-state index in [1.807, 2.05) is 36.4 Å². The molecule has 0 radical (unpaired) electrons. The van der Waals surface area contributed by atoms with Gasteiger partial charge in [-0.25, -0.2) is 0 Å². The van der Waals surface area contributed by atoms with Crippen LogP contribution in [0.15, 0.2) is 36.4 Å². The van der Waals surface area contributed by atoms with E-state index in [2.05, 4.69) is 5.32 Å². The molecule has 0 saturated carbocycles. The van der Waals surface area contributed by atoms with Gasteiger partial charge in [-0.05, 0) is 24.1 Å². The van der Waals surface area contributed by atoms with Gasteiger partial charge in [0.1, 0.15) is 0 Å². The van der Waals surface area contributed by atoms with Crippen molar-refractivity contribution in [3.05, 3.63) is 42.0 Å². The molecule has 2 unspecified atom stereocenters. The Bertz CT molecular complexity index is 440. The summed E-state index contributed by atoms with van der Waals surface area (Å²) >= 11 is 0. The fourth-order valence-corrected chi connectivity index (χ4v) is 2.01. The van der Waals surface area contributed by atoms with E-state index < -0.39 is 0 Å². The zero-order valence-corrected chi connectivity index (χ0v) is 10.4. The van der Waals surface area contributed by atoms with Crippen molar-refractivity contribution in [1.82, 2.24) is 0 Å². The molecule has 18 heavy (non-hydrogen) atoms. The molecule has 1 aliphatic rings. The van der Waals surface area contributed by atoms with Crippen LogP contribution in [0.25, 0.3) is 0 Å². The average molecular weight is 246 g/mol. The molecule has 0 fully saturated rings. The van der Waals surface area contributed by atoms with Crippen molar-refractivity contribution in [2.45, 2.75) is 19.1 Å². The van der Waals surface area contributed by atoms with Gasteiger partial charge in [-0.2, -0.15) is 0 Å². The Hall–Kier alpha value is -1.65. The highest BCUT2D eigenvalue weighted by molar-refractivity contribution is 5.94. The summed E-state index contributed by atoms with van der Waals surface area (Å²) < 4.78 is 5.03. The third-order valence-electron chi connectivity index (χ3n) is 2.99. The highest BCUT2D eigenvalue weighted by Crippen LogP contribution is 2.19. The van der Waals surface area contributed by atoms with Gasteiger partial charge < -0.3 is 15.8 Å². The summed E-state index contributed by atoms with van der Waals surface area (Å²) in [5.74, 6) is -0.114. The lowest BCUT2D eigenvalue weighted by atomic mass is 10.1. The number of methoxy groups -OCH3 is 1. The Kier molecular flexibility index (Phi) is 4.12. The van der Waals surface area contributed by atoms with Crippen molar-refractivity contribution in [1.29, 1.82) is 0 Å². The third-order valence-corrected chi connectivity index (χ3v) is 2.99. The first-order valence-corrected chi connectivity index (χ1v) is 6.01. The smallest absolute Gasteiger partial charge is 0.231 e. The number of hydrogen-bond donors (Lipinski definition) is 2. The monoisotopic (exact) mass is 246 g/mol. The Morgan fingerprint density at radius 3 is 2.67 bits per heavy atom. The van der Waals surface area contributed by atoms with E-state index in [4.69, 9.17) is 10.5 Å². The standard InChI is InChI=1S/C14H18N2O2/c1-18-9-10-2-6-13(7-3-10)16-14(17)11-4-5-12(15)8-11/h2-7,11-12H,8-9,15H2,1H3,(H,16,17). The molecule has 0 heterocycles. The molecule has 2 rings (SSSR count). The van der Waals surface area contributed by atoms with E-state index in [0.717, 1.165) is 11.3 Å². The zero-order valence-electron chi connectivity index (χ0n) is 10.4. The highest BCUT2D eigenvalue weighted by atomic mass is 16.5. The van der Waals surface area contributed by atoms with Crippen LogP contribution >= 0.6 is 0 Å². The molecule has 4 nitrogen and oxygen atoms in total. The van der Waals surface area contributed by atoms with Crippen LogP contribution in [-0.2, 0) is 16.1 Å². The molecule has 0 spiro atoms. The Morgan fingerprint density at radius 2 is 2.11 bits per heavy atom. The van der Waals surface area contributed by atoms with E-state index in [1.165, 1.54) is 0 Å². The number of nitrogens with one attached hydrogen (secondary N) is 1. The number of hydrogen-bond acceptors (Lipinski definition) is 3. The molecule has 96 valence electrons. The first kappa shape index (κ1) is 12.8. The minimum absolute atomic E-state index is 0.00121. The lowest BCUT2D eigenvalue weighted by Crippen LogP contribution is -2.23. The summed E-state index contributed by atoms with van der Waals surface area (Å²) in [6, 6.07) is 7.64. The average Bonchev–Trinajstić information content (AvgIpc) is 2.79. The fourth-order valence-electron chi connectivity index (χ4n) is 2.01. The predicted molar refractivity (Wildman–Crippen MR) is 71.0 cm³/mol. The van der Waals surface area contributed by atoms with E-state index in [1.54, 1.807) is 7.11 Å². The van der Waals surface area contributed by atoms with Gasteiger partial charge in [0.2, 0.25) is 5.91 Å². The number of amides is 1. The summed E-state index contributed by atoms with van der Waals surface area (Å²) in [6.45, 7) is 0.578. The molecule has 0 saturated heterocycles. The van der Waals surface area contributed by atoms with Gasteiger partial charge in [-0.1, -0.05) is 24.3 Å². The molecule has 1 aliphatic carbocycles. The molecular formula is C14H18N2O2.